The first-order valence-electron chi connectivity index (χ1n) is 8.72. The molecule has 26 heavy (non-hydrogen) atoms. The summed E-state index contributed by atoms with van der Waals surface area (Å²) in [6.45, 7) is 1.80. The Hall–Kier alpha value is -2.86. The van der Waals surface area contributed by atoms with Crippen LogP contribution >= 0.6 is 0 Å². The number of rotatable bonds is 4. The molecule has 1 atom stereocenters. The van der Waals surface area contributed by atoms with Crippen molar-refractivity contribution in [2.75, 3.05) is 12.3 Å². The third-order valence-electron chi connectivity index (χ3n) is 4.78. The number of nitrogen functional groups attached to an aromatic ring is 1. The molecule has 5 nitrogen and oxygen atoms in total. The minimum Gasteiger partial charge on any atom is -0.368 e. The fourth-order valence-electron chi connectivity index (χ4n) is 3.57. The summed E-state index contributed by atoms with van der Waals surface area (Å²) in [6, 6.07) is 10.6. The maximum absolute atomic E-state index is 13.3. The van der Waals surface area contributed by atoms with Gasteiger partial charge >= 0.3 is 0 Å². The Balaban J connectivity index is 1.69. The first kappa shape index (κ1) is 16.6. The molecule has 0 radical (unpaired) electrons. The molecule has 0 amide bonds. The summed E-state index contributed by atoms with van der Waals surface area (Å²) in [5.41, 5.74) is 9.77. The predicted octanol–water partition coefficient (Wildman–Crippen LogP) is 3.60. The summed E-state index contributed by atoms with van der Waals surface area (Å²) in [5, 5.41) is 0. The number of likely N-dealkylation sites (tertiary alicyclic amines) is 1. The highest BCUT2D eigenvalue weighted by molar-refractivity contribution is 5.66. The highest BCUT2D eigenvalue weighted by Crippen LogP contribution is 2.37. The smallest absolute Gasteiger partial charge is 0.220 e. The zero-order valence-electron chi connectivity index (χ0n) is 14.3. The molecular weight excluding hydrogens is 329 g/mol. The molecule has 6 heteroatoms. The minimum absolute atomic E-state index is 0.153. The van der Waals surface area contributed by atoms with Crippen molar-refractivity contribution in [3.8, 4) is 11.1 Å². The van der Waals surface area contributed by atoms with Gasteiger partial charge < -0.3 is 5.73 Å². The lowest BCUT2D eigenvalue weighted by molar-refractivity contribution is 0.244. The second-order valence-electron chi connectivity index (χ2n) is 6.52. The molecule has 4 rings (SSSR count). The third-order valence-corrected chi connectivity index (χ3v) is 4.78. The van der Waals surface area contributed by atoms with Gasteiger partial charge in [0.15, 0.2) is 0 Å². The van der Waals surface area contributed by atoms with E-state index in [2.05, 4.69) is 25.9 Å². The van der Waals surface area contributed by atoms with E-state index < -0.39 is 0 Å². The number of benzene rings is 1. The van der Waals surface area contributed by atoms with Crippen LogP contribution in [0.2, 0.25) is 0 Å². The normalized spacial score (nSPS) is 17.5. The fourth-order valence-corrected chi connectivity index (χ4v) is 3.57. The molecule has 3 aromatic rings. The van der Waals surface area contributed by atoms with Crippen LogP contribution in [0.25, 0.3) is 11.1 Å². The summed E-state index contributed by atoms with van der Waals surface area (Å²) >= 11 is 0. The van der Waals surface area contributed by atoms with Gasteiger partial charge in [0, 0.05) is 30.7 Å². The standard InChI is InChI=1S/C20H20FN5/c21-16-7-5-15(6-8-16)17-12-24-20(22)25-19(17)18-4-2-10-26(18)13-14-3-1-9-23-11-14/h1,3,5-9,11-12,18H,2,4,10,13H2,(H2,22,24,25). The van der Waals surface area contributed by atoms with E-state index in [1.54, 1.807) is 24.5 Å². The van der Waals surface area contributed by atoms with Gasteiger partial charge in [-0.1, -0.05) is 18.2 Å². The van der Waals surface area contributed by atoms with Crippen molar-refractivity contribution >= 4 is 5.95 Å². The van der Waals surface area contributed by atoms with Crippen LogP contribution in [-0.2, 0) is 6.54 Å². The second-order valence-corrected chi connectivity index (χ2v) is 6.52. The number of hydrogen-bond donors (Lipinski definition) is 1. The van der Waals surface area contributed by atoms with Crippen molar-refractivity contribution in [2.24, 2.45) is 0 Å². The Morgan fingerprint density at radius 1 is 1.15 bits per heavy atom. The molecule has 0 bridgehead atoms. The highest BCUT2D eigenvalue weighted by Gasteiger charge is 2.29. The zero-order valence-corrected chi connectivity index (χ0v) is 14.3. The maximum atomic E-state index is 13.3. The molecule has 0 spiro atoms. The van der Waals surface area contributed by atoms with Crippen molar-refractivity contribution < 1.29 is 4.39 Å². The molecule has 1 aliphatic rings. The van der Waals surface area contributed by atoms with Crippen LogP contribution < -0.4 is 5.73 Å². The van der Waals surface area contributed by atoms with E-state index in [0.29, 0.717) is 0 Å². The van der Waals surface area contributed by atoms with Gasteiger partial charge in [0.2, 0.25) is 5.95 Å². The predicted molar refractivity (Wildman–Crippen MR) is 98.5 cm³/mol. The highest BCUT2D eigenvalue weighted by atomic mass is 19.1. The Bertz CT molecular complexity index is 882. The number of nitrogens with zero attached hydrogens (tertiary/aromatic N) is 4. The molecule has 1 saturated heterocycles. The molecule has 1 aliphatic heterocycles. The van der Waals surface area contributed by atoms with Crippen molar-refractivity contribution in [2.45, 2.75) is 25.4 Å². The Morgan fingerprint density at radius 2 is 2.00 bits per heavy atom. The second kappa shape index (κ2) is 7.17. The SMILES string of the molecule is Nc1ncc(-c2ccc(F)cc2)c(C2CCCN2Cc2cccnc2)n1. The summed E-state index contributed by atoms with van der Waals surface area (Å²) in [7, 11) is 0. The topological polar surface area (TPSA) is 67.9 Å². The number of nitrogens with two attached hydrogens (primary N) is 1. The fraction of sp³-hybridized carbons (Fsp3) is 0.250. The number of aromatic nitrogens is 3. The molecule has 2 N–H and O–H groups in total. The van der Waals surface area contributed by atoms with Gasteiger partial charge in [0.25, 0.3) is 0 Å². The minimum atomic E-state index is -0.259. The Kier molecular flexibility index (Phi) is 4.58. The van der Waals surface area contributed by atoms with E-state index in [-0.39, 0.29) is 17.8 Å². The Morgan fingerprint density at radius 3 is 2.77 bits per heavy atom. The lowest BCUT2D eigenvalue weighted by Crippen LogP contribution is -2.24. The Labute approximate surface area is 151 Å². The van der Waals surface area contributed by atoms with Gasteiger partial charge in [-0.05, 0) is 48.7 Å². The molecule has 1 unspecified atom stereocenters. The van der Waals surface area contributed by atoms with Crippen LogP contribution in [-0.4, -0.2) is 26.4 Å². The van der Waals surface area contributed by atoms with Gasteiger partial charge in [-0.25, -0.2) is 14.4 Å². The van der Waals surface area contributed by atoms with Crippen LogP contribution in [0.5, 0.6) is 0 Å². The van der Waals surface area contributed by atoms with Gasteiger partial charge in [0.05, 0.1) is 11.7 Å². The summed E-state index contributed by atoms with van der Waals surface area (Å²) in [4.78, 5) is 15.3. The lowest BCUT2D eigenvalue weighted by atomic mass is 9.99. The van der Waals surface area contributed by atoms with Gasteiger partial charge in [-0.15, -0.1) is 0 Å². The monoisotopic (exact) mass is 349 g/mol. The van der Waals surface area contributed by atoms with Crippen LogP contribution in [0.15, 0.2) is 55.0 Å². The first-order chi connectivity index (χ1) is 12.7. The largest absolute Gasteiger partial charge is 0.368 e. The number of anilines is 1. The first-order valence-corrected chi connectivity index (χ1v) is 8.72. The van der Waals surface area contributed by atoms with Gasteiger partial charge in [0.1, 0.15) is 5.82 Å². The van der Waals surface area contributed by atoms with Crippen LogP contribution in [0.4, 0.5) is 10.3 Å². The van der Waals surface area contributed by atoms with Crippen molar-refractivity contribution in [1.82, 2.24) is 19.9 Å². The third kappa shape index (κ3) is 3.41. The average molecular weight is 349 g/mol. The van der Waals surface area contributed by atoms with Crippen molar-refractivity contribution in [3.05, 3.63) is 72.1 Å². The van der Waals surface area contributed by atoms with Crippen molar-refractivity contribution in [3.63, 3.8) is 0 Å². The summed E-state index contributed by atoms with van der Waals surface area (Å²) in [6.07, 6.45) is 7.52. The van der Waals surface area contributed by atoms with E-state index in [4.69, 9.17) is 5.73 Å². The van der Waals surface area contributed by atoms with Crippen LogP contribution in [0.3, 0.4) is 0 Å². The molecule has 132 valence electrons. The number of hydrogen-bond acceptors (Lipinski definition) is 5. The molecular formula is C20H20FN5. The van der Waals surface area contributed by atoms with Crippen LogP contribution in [0, 0.1) is 5.82 Å². The van der Waals surface area contributed by atoms with Crippen LogP contribution in [0.1, 0.15) is 30.1 Å². The molecule has 0 aliphatic carbocycles. The van der Waals surface area contributed by atoms with E-state index >= 15 is 0 Å². The number of pyridine rings is 1. The molecule has 2 aromatic heterocycles. The number of halogens is 1. The van der Waals surface area contributed by atoms with E-state index in [1.165, 1.54) is 17.7 Å². The van der Waals surface area contributed by atoms with E-state index in [1.807, 2.05) is 12.3 Å². The molecule has 0 saturated carbocycles. The van der Waals surface area contributed by atoms with Gasteiger partial charge in [-0.3, -0.25) is 9.88 Å². The molecule has 1 fully saturated rings. The lowest BCUT2D eigenvalue weighted by Gasteiger charge is -2.25. The molecule has 1 aromatic carbocycles. The summed E-state index contributed by atoms with van der Waals surface area (Å²) < 4.78 is 13.3. The quantitative estimate of drug-likeness (QED) is 0.779. The maximum Gasteiger partial charge on any atom is 0.220 e. The zero-order chi connectivity index (χ0) is 17.9. The van der Waals surface area contributed by atoms with E-state index in [0.717, 1.165) is 42.8 Å². The van der Waals surface area contributed by atoms with Crippen molar-refractivity contribution in [1.29, 1.82) is 0 Å². The van der Waals surface area contributed by atoms with E-state index in [9.17, 15) is 4.39 Å². The summed E-state index contributed by atoms with van der Waals surface area (Å²) in [5.74, 6) is 0.00447. The molecule has 3 heterocycles. The van der Waals surface area contributed by atoms with Gasteiger partial charge in [-0.2, -0.15) is 0 Å². The average Bonchev–Trinajstić information content (AvgIpc) is 3.11.